The highest BCUT2D eigenvalue weighted by atomic mass is 35.5. The van der Waals surface area contributed by atoms with Gasteiger partial charge in [0.1, 0.15) is 5.82 Å². The van der Waals surface area contributed by atoms with E-state index in [-0.39, 0.29) is 18.8 Å². The van der Waals surface area contributed by atoms with Crippen LogP contribution in [0.3, 0.4) is 0 Å². The summed E-state index contributed by atoms with van der Waals surface area (Å²) < 4.78 is 18.8. The lowest BCUT2D eigenvalue weighted by Crippen LogP contribution is -2.30. The fraction of sp³-hybridized carbons (Fsp3) is 0.538. The van der Waals surface area contributed by atoms with E-state index in [1.165, 1.54) is 12.1 Å². The molecule has 0 aliphatic rings. The second-order valence-electron chi connectivity index (χ2n) is 5.08. The zero-order valence-electron chi connectivity index (χ0n) is 10.8. The van der Waals surface area contributed by atoms with E-state index in [2.05, 4.69) is 5.32 Å². The molecule has 0 radical (unpaired) electrons. The van der Waals surface area contributed by atoms with Crippen LogP contribution < -0.4 is 5.32 Å². The van der Waals surface area contributed by atoms with Gasteiger partial charge >= 0.3 is 0 Å². The molecular weight excluding hydrogens is 257 g/mol. The number of ether oxygens (including phenoxy) is 1. The van der Waals surface area contributed by atoms with Crippen LogP contribution in [0.4, 0.5) is 10.1 Å². The van der Waals surface area contributed by atoms with Crippen LogP contribution >= 0.6 is 11.6 Å². The summed E-state index contributed by atoms with van der Waals surface area (Å²) in [4.78, 5) is 0. The van der Waals surface area contributed by atoms with Crippen LogP contribution in [-0.4, -0.2) is 30.0 Å². The van der Waals surface area contributed by atoms with Crippen molar-refractivity contribution in [3.63, 3.8) is 0 Å². The zero-order valence-corrected chi connectivity index (χ0v) is 11.6. The first-order valence-corrected chi connectivity index (χ1v) is 6.17. The van der Waals surface area contributed by atoms with Crippen molar-refractivity contribution in [1.29, 1.82) is 0 Å². The van der Waals surface area contributed by atoms with Gasteiger partial charge in [0.15, 0.2) is 0 Å². The van der Waals surface area contributed by atoms with Crippen molar-refractivity contribution in [3.05, 3.63) is 29.0 Å². The predicted molar refractivity (Wildman–Crippen MR) is 71.6 cm³/mol. The summed E-state index contributed by atoms with van der Waals surface area (Å²) in [6.07, 6.45) is -0.695. The topological polar surface area (TPSA) is 41.5 Å². The van der Waals surface area contributed by atoms with Gasteiger partial charge in [-0.25, -0.2) is 4.39 Å². The lowest BCUT2D eigenvalue weighted by Gasteiger charge is -2.22. The third-order valence-corrected chi connectivity index (χ3v) is 2.40. The molecule has 1 aromatic carbocycles. The molecule has 0 spiro atoms. The van der Waals surface area contributed by atoms with Crippen molar-refractivity contribution in [2.45, 2.75) is 32.5 Å². The molecule has 3 nitrogen and oxygen atoms in total. The summed E-state index contributed by atoms with van der Waals surface area (Å²) >= 11 is 5.64. The Hall–Kier alpha value is -0.840. The van der Waals surface area contributed by atoms with Crippen LogP contribution in [0.2, 0.25) is 5.02 Å². The third-order valence-electron chi connectivity index (χ3n) is 2.17. The Bertz CT molecular complexity index is 393. The molecule has 0 amide bonds. The highest BCUT2D eigenvalue weighted by molar-refractivity contribution is 6.30. The summed E-state index contributed by atoms with van der Waals surface area (Å²) in [5, 5.41) is 12.8. The largest absolute Gasteiger partial charge is 0.389 e. The molecular formula is C13H19ClFNO2. The van der Waals surface area contributed by atoms with Gasteiger partial charge in [0.05, 0.1) is 24.0 Å². The second kappa shape index (κ2) is 6.36. The summed E-state index contributed by atoms with van der Waals surface area (Å²) in [5.74, 6) is -0.438. The monoisotopic (exact) mass is 275 g/mol. The van der Waals surface area contributed by atoms with Gasteiger partial charge in [0, 0.05) is 11.6 Å². The lowest BCUT2D eigenvalue weighted by atomic mass is 10.2. The molecule has 1 aromatic rings. The highest BCUT2D eigenvalue weighted by Gasteiger charge is 2.13. The smallest absolute Gasteiger partial charge is 0.147 e. The van der Waals surface area contributed by atoms with E-state index in [0.717, 1.165) is 0 Å². The number of aliphatic hydroxyl groups excluding tert-OH is 1. The van der Waals surface area contributed by atoms with Crippen LogP contribution in [0.25, 0.3) is 0 Å². The van der Waals surface area contributed by atoms with Crippen LogP contribution in [0.15, 0.2) is 18.2 Å². The average molecular weight is 276 g/mol. The van der Waals surface area contributed by atoms with Crippen LogP contribution in [0.1, 0.15) is 20.8 Å². The van der Waals surface area contributed by atoms with Crippen molar-refractivity contribution in [3.8, 4) is 0 Å². The minimum atomic E-state index is -0.695. The number of hydrogen-bond donors (Lipinski definition) is 2. The molecule has 0 aliphatic heterocycles. The summed E-state index contributed by atoms with van der Waals surface area (Å²) in [6.45, 7) is 6.14. The summed E-state index contributed by atoms with van der Waals surface area (Å²) in [5.41, 5.74) is 0.0150. The van der Waals surface area contributed by atoms with Gasteiger partial charge in [0.2, 0.25) is 0 Å². The van der Waals surface area contributed by atoms with E-state index >= 15 is 0 Å². The molecule has 18 heavy (non-hydrogen) atoms. The number of benzene rings is 1. The Morgan fingerprint density at radius 1 is 1.44 bits per heavy atom. The molecule has 1 atom stereocenters. The Balaban J connectivity index is 2.40. The van der Waals surface area contributed by atoms with Crippen LogP contribution in [-0.2, 0) is 4.74 Å². The molecule has 0 aliphatic carbocycles. The second-order valence-corrected chi connectivity index (χ2v) is 5.52. The van der Waals surface area contributed by atoms with Crippen molar-refractivity contribution < 1.29 is 14.2 Å². The van der Waals surface area contributed by atoms with Crippen molar-refractivity contribution >= 4 is 17.3 Å². The Kier molecular flexibility index (Phi) is 5.38. The molecule has 1 unspecified atom stereocenters. The van der Waals surface area contributed by atoms with Crippen molar-refractivity contribution in [2.75, 3.05) is 18.5 Å². The van der Waals surface area contributed by atoms with E-state index < -0.39 is 11.9 Å². The molecule has 0 bridgehead atoms. The number of rotatable bonds is 5. The van der Waals surface area contributed by atoms with Crippen molar-refractivity contribution in [1.82, 2.24) is 0 Å². The normalized spacial score (nSPS) is 13.4. The minimum Gasteiger partial charge on any atom is -0.389 e. The highest BCUT2D eigenvalue weighted by Crippen LogP contribution is 2.18. The van der Waals surface area contributed by atoms with Gasteiger partial charge in [0.25, 0.3) is 0 Å². The third kappa shape index (κ3) is 5.67. The quantitative estimate of drug-likeness (QED) is 0.868. The molecule has 0 aromatic heterocycles. The maximum atomic E-state index is 13.4. The van der Waals surface area contributed by atoms with Crippen LogP contribution in [0.5, 0.6) is 0 Å². The summed E-state index contributed by atoms with van der Waals surface area (Å²) in [6, 6.07) is 4.35. The number of hydrogen-bond acceptors (Lipinski definition) is 3. The van der Waals surface area contributed by atoms with E-state index in [1.54, 1.807) is 6.07 Å². The first-order valence-electron chi connectivity index (χ1n) is 5.79. The predicted octanol–water partition coefficient (Wildman–Crippen LogP) is 3.07. The molecule has 102 valence electrons. The van der Waals surface area contributed by atoms with Gasteiger partial charge < -0.3 is 15.2 Å². The van der Waals surface area contributed by atoms with Gasteiger partial charge in [-0.15, -0.1) is 0 Å². The first-order chi connectivity index (χ1) is 8.28. The van der Waals surface area contributed by atoms with E-state index in [9.17, 15) is 9.50 Å². The van der Waals surface area contributed by atoms with Gasteiger partial charge in [-0.05, 0) is 39.0 Å². The minimum absolute atomic E-state index is 0.200. The Morgan fingerprint density at radius 3 is 2.67 bits per heavy atom. The Labute approximate surface area is 112 Å². The summed E-state index contributed by atoms with van der Waals surface area (Å²) in [7, 11) is 0. The fourth-order valence-electron chi connectivity index (χ4n) is 1.27. The standard InChI is InChI=1S/C13H19ClFNO2/c1-13(2,3)18-8-10(17)7-16-12-5-4-9(14)6-11(12)15/h4-6,10,16-17H,7-8H2,1-3H3. The maximum Gasteiger partial charge on any atom is 0.147 e. The van der Waals surface area contributed by atoms with Gasteiger partial charge in [-0.2, -0.15) is 0 Å². The van der Waals surface area contributed by atoms with Gasteiger partial charge in [-0.3, -0.25) is 0 Å². The maximum absolute atomic E-state index is 13.4. The zero-order chi connectivity index (χ0) is 13.8. The molecule has 0 saturated carbocycles. The first kappa shape index (κ1) is 15.2. The molecule has 0 saturated heterocycles. The van der Waals surface area contributed by atoms with E-state index in [1.807, 2.05) is 20.8 Å². The van der Waals surface area contributed by atoms with Gasteiger partial charge in [-0.1, -0.05) is 11.6 Å². The Morgan fingerprint density at radius 2 is 2.11 bits per heavy atom. The molecule has 0 heterocycles. The SMILES string of the molecule is CC(C)(C)OCC(O)CNc1ccc(Cl)cc1F. The molecule has 0 fully saturated rings. The molecule has 5 heteroatoms. The van der Waals surface area contributed by atoms with Crippen molar-refractivity contribution in [2.24, 2.45) is 0 Å². The van der Waals surface area contributed by atoms with E-state index in [0.29, 0.717) is 10.7 Å². The molecule has 1 rings (SSSR count). The number of nitrogens with one attached hydrogen (secondary N) is 1. The number of halogens is 2. The lowest BCUT2D eigenvalue weighted by molar-refractivity contribution is -0.0449. The number of aliphatic hydroxyl groups is 1. The number of anilines is 1. The van der Waals surface area contributed by atoms with Crippen LogP contribution in [0, 0.1) is 5.82 Å². The average Bonchev–Trinajstić information content (AvgIpc) is 2.24. The van der Waals surface area contributed by atoms with E-state index in [4.69, 9.17) is 16.3 Å². The molecule has 2 N–H and O–H groups in total. The fourth-order valence-corrected chi connectivity index (χ4v) is 1.42.